The van der Waals surface area contributed by atoms with Crippen LogP contribution in [0.1, 0.15) is 19.8 Å². The molecule has 43 valence electrons. The molecule has 1 heterocycles. The standard InChI is InChI=1S/C6H10N2/c1-2-3-6-7-4-5-8-6/h4-5,7H,2-3H2,1H3/q+1. The van der Waals surface area contributed by atoms with Crippen LogP contribution in [0.2, 0.25) is 0 Å². The van der Waals surface area contributed by atoms with Crippen LogP contribution in [0.25, 0.3) is 0 Å². The maximum atomic E-state index is 4.05. The Bertz CT molecular complexity index is 124. The van der Waals surface area contributed by atoms with Crippen molar-refractivity contribution in [3.8, 4) is 0 Å². The lowest BCUT2D eigenvalue weighted by Crippen LogP contribution is -2.15. The topological polar surface area (TPSA) is 26.1 Å². The largest absolute Gasteiger partial charge is 0.296 e. The van der Waals surface area contributed by atoms with E-state index in [0.717, 1.165) is 18.7 Å². The minimum absolute atomic E-state index is 1.06. The van der Waals surface area contributed by atoms with Crippen molar-refractivity contribution in [2.24, 2.45) is 0 Å². The Kier molecular flexibility index (Phi) is 1.67. The molecule has 0 aromatic rings. The van der Waals surface area contributed by atoms with Crippen LogP contribution in [0.5, 0.6) is 0 Å². The lowest BCUT2D eigenvalue weighted by atomic mass is 10.3. The smallest absolute Gasteiger partial charge is 0.244 e. The first kappa shape index (κ1) is 5.35. The Morgan fingerprint density at radius 3 is 3.12 bits per heavy atom. The SMILES string of the molecule is CCCC1=[N+]C=CN1. The summed E-state index contributed by atoms with van der Waals surface area (Å²) < 4.78 is 0. The van der Waals surface area contributed by atoms with Crippen molar-refractivity contribution in [1.29, 1.82) is 0 Å². The van der Waals surface area contributed by atoms with E-state index in [0.29, 0.717) is 0 Å². The first-order valence-corrected chi connectivity index (χ1v) is 2.91. The second-order valence-electron chi connectivity index (χ2n) is 1.79. The third kappa shape index (κ3) is 1.09. The molecule has 1 aliphatic heterocycles. The highest BCUT2D eigenvalue weighted by Crippen LogP contribution is 1.88. The van der Waals surface area contributed by atoms with Gasteiger partial charge in [-0.25, -0.2) is 5.32 Å². The average molecular weight is 110 g/mol. The minimum atomic E-state index is 1.06. The van der Waals surface area contributed by atoms with Crippen molar-refractivity contribution in [3.63, 3.8) is 0 Å². The molecule has 1 rings (SSSR count). The van der Waals surface area contributed by atoms with E-state index in [2.05, 4.69) is 17.2 Å². The van der Waals surface area contributed by atoms with Crippen molar-refractivity contribution in [1.82, 2.24) is 10.3 Å². The summed E-state index contributed by atoms with van der Waals surface area (Å²) in [7, 11) is 0. The number of aliphatic imine (C=N–C) groups is 1. The molecule has 2 heteroatoms. The van der Waals surface area contributed by atoms with Gasteiger partial charge in [-0.05, 0) is 6.42 Å². The van der Waals surface area contributed by atoms with Gasteiger partial charge in [0.2, 0.25) is 0 Å². The summed E-state index contributed by atoms with van der Waals surface area (Å²) in [6.07, 6.45) is 5.86. The van der Waals surface area contributed by atoms with E-state index in [-0.39, 0.29) is 0 Å². The fraction of sp³-hybridized carbons (Fsp3) is 0.500. The average Bonchev–Trinajstić information content (AvgIpc) is 2.19. The second-order valence-corrected chi connectivity index (χ2v) is 1.79. The van der Waals surface area contributed by atoms with Gasteiger partial charge < -0.3 is 0 Å². The Balaban J connectivity index is 2.28. The van der Waals surface area contributed by atoms with E-state index in [1.165, 1.54) is 0 Å². The van der Waals surface area contributed by atoms with Gasteiger partial charge in [-0.15, -0.1) is 0 Å². The molecule has 0 aliphatic carbocycles. The molecule has 8 heavy (non-hydrogen) atoms. The number of amidine groups is 1. The van der Waals surface area contributed by atoms with E-state index in [4.69, 9.17) is 0 Å². The molecule has 0 aromatic carbocycles. The monoisotopic (exact) mass is 110 g/mol. The van der Waals surface area contributed by atoms with Gasteiger partial charge in [-0.1, -0.05) is 11.9 Å². The number of nitrogens with zero attached hydrogens (tertiary/aromatic N) is 1. The van der Waals surface area contributed by atoms with Gasteiger partial charge in [-0.2, -0.15) is 0 Å². The molecule has 0 spiro atoms. The van der Waals surface area contributed by atoms with E-state index in [9.17, 15) is 0 Å². The highest BCUT2D eigenvalue weighted by atomic mass is 15.0. The molecule has 0 unspecified atom stereocenters. The third-order valence-electron chi connectivity index (χ3n) is 1.04. The van der Waals surface area contributed by atoms with Crippen LogP contribution in [0.3, 0.4) is 0 Å². The first-order chi connectivity index (χ1) is 3.93. The molecule has 0 bridgehead atoms. The van der Waals surface area contributed by atoms with Crippen LogP contribution in [0.4, 0.5) is 0 Å². The molecule has 1 aliphatic rings. The molecule has 0 saturated heterocycles. The highest BCUT2D eigenvalue weighted by Gasteiger charge is 2.07. The van der Waals surface area contributed by atoms with Crippen LogP contribution in [-0.2, 0) is 0 Å². The van der Waals surface area contributed by atoms with Crippen LogP contribution >= 0.6 is 0 Å². The van der Waals surface area contributed by atoms with Gasteiger partial charge in [0.25, 0.3) is 5.84 Å². The molecular weight excluding hydrogens is 100 g/mol. The van der Waals surface area contributed by atoms with Gasteiger partial charge in [0.05, 0.1) is 6.42 Å². The Labute approximate surface area is 49.3 Å². The summed E-state index contributed by atoms with van der Waals surface area (Å²) in [5.41, 5.74) is 0. The Morgan fingerprint density at radius 2 is 2.62 bits per heavy atom. The van der Waals surface area contributed by atoms with Crippen LogP contribution in [-0.4, -0.2) is 5.84 Å². The summed E-state index contributed by atoms with van der Waals surface area (Å²) in [6.45, 7) is 2.14. The fourth-order valence-corrected chi connectivity index (χ4v) is 0.671. The molecule has 0 saturated carbocycles. The summed E-state index contributed by atoms with van der Waals surface area (Å²) in [5, 5.41) is 3.03. The number of hydrogen-bond donors (Lipinski definition) is 1. The van der Waals surface area contributed by atoms with Crippen LogP contribution < -0.4 is 10.3 Å². The van der Waals surface area contributed by atoms with Crippen molar-refractivity contribution in [2.45, 2.75) is 19.8 Å². The fourth-order valence-electron chi connectivity index (χ4n) is 0.671. The molecule has 0 aromatic heterocycles. The van der Waals surface area contributed by atoms with Gasteiger partial charge in [-0.3, -0.25) is 0 Å². The first-order valence-electron chi connectivity index (χ1n) is 2.91. The Morgan fingerprint density at radius 1 is 1.75 bits per heavy atom. The number of hydrogen-bond acceptors (Lipinski definition) is 2. The highest BCUT2D eigenvalue weighted by molar-refractivity contribution is 5.83. The zero-order valence-corrected chi connectivity index (χ0v) is 5.02. The van der Waals surface area contributed by atoms with Crippen molar-refractivity contribution in [3.05, 3.63) is 12.4 Å². The van der Waals surface area contributed by atoms with E-state index < -0.39 is 0 Å². The number of rotatable bonds is 2. The Hall–Kier alpha value is -0.790. The predicted octanol–water partition coefficient (Wildman–Crippen LogP) is 0.595. The molecule has 0 atom stereocenters. The van der Waals surface area contributed by atoms with Crippen LogP contribution in [0, 0.1) is 0 Å². The second kappa shape index (κ2) is 2.50. The van der Waals surface area contributed by atoms with Crippen molar-refractivity contribution < 1.29 is 0 Å². The summed E-state index contributed by atoms with van der Waals surface area (Å²) in [6, 6.07) is 0. The zero-order valence-electron chi connectivity index (χ0n) is 5.02. The van der Waals surface area contributed by atoms with E-state index in [1.54, 1.807) is 6.20 Å². The van der Waals surface area contributed by atoms with Gasteiger partial charge in [0, 0.05) is 0 Å². The molecule has 0 amide bonds. The van der Waals surface area contributed by atoms with Gasteiger partial charge in [0.1, 0.15) is 6.20 Å². The van der Waals surface area contributed by atoms with Crippen LogP contribution in [0.15, 0.2) is 12.4 Å². The summed E-state index contributed by atoms with van der Waals surface area (Å²) in [4.78, 5) is 4.05. The lowest BCUT2D eigenvalue weighted by Gasteiger charge is -1.84. The van der Waals surface area contributed by atoms with Crippen molar-refractivity contribution in [2.75, 3.05) is 0 Å². The molecule has 2 nitrogen and oxygen atoms in total. The predicted molar refractivity (Wildman–Crippen MR) is 34.3 cm³/mol. The lowest BCUT2D eigenvalue weighted by molar-refractivity contribution is 0.961. The molecule has 0 fully saturated rings. The minimum Gasteiger partial charge on any atom is -0.244 e. The molecule has 1 radical (unpaired) electrons. The zero-order chi connectivity index (χ0) is 5.82. The van der Waals surface area contributed by atoms with E-state index >= 15 is 0 Å². The normalized spacial score (nSPS) is 15.9. The summed E-state index contributed by atoms with van der Waals surface area (Å²) in [5.74, 6) is 1.09. The molecular formula is C6H10N2+. The van der Waals surface area contributed by atoms with Crippen molar-refractivity contribution >= 4 is 5.84 Å². The van der Waals surface area contributed by atoms with E-state index in [1.807, 2.05) is 6.20 Å². The van der Waals surface area contributed by atoms with Gasteiger partial charge >= 0.3 is 0 Å². The maximum Gasteiger partial charge on any atom is 0.296 e. The summed E-state index contributed by atoms with van der Waals surface area (Å²) >= 11 is 0. The third-order valence-corrected chi connectivity index (χ3v) is 1.04. The number of nitrogens with one attached hydrogen (secondary N) is 1. The molecule has 1 N–H and O–H groups in total. The van der Waals surface area contributed by atoms with Gasteiger partial charge in [0.15, 0.2) is 6.20 Å². The quantitative estimate of drug-likeness (QED) is 0.553. The maximum absolute atomic E-state index is 4.05.